The Morgan fingerprint density at radius 3 is 2.86 bits per heavy atom. The summed E-state index contributed by atoms with van der Waals surface area (Å²) in [5.74, 6) is -0.184. The molecule has 0 atom stereocenters. The normalized spacial score (nSPS) is 10.5. The first-order valence-corrected chi connectivity index (χ1v) is 7.34. The Balaban J connectivity index is 1.86. The molecule has 1 aromatic heterocycles. The molecular formula is C15H12BrN5O. The lowest BCUT2D eigenvalue weighted by Crippen LogP contribution is -2.13. The highest BCUT2D eigenvalue weighted by molar-refractivity contribution is 9.10. The Morgan fingerprint density at radius 2 is 2.09 bits per heavy atom. The molecule has 0 bridgehead atoms. The van der Waals surface area contributed by atoms with Crippen LogP contribution in [0.2, 0.25) is 0 Å². The lowest BCUT2D eigenvalue weighted by Gasteiger charge is -2.09. The summed E-state index contributed by atoms with van der Waals surface area (Å²) >= 11 is 3.40. The van der Waals surface area contributed by atoms with Crippen molar-refractivity contribution < 1.29 is 4.79 Å². The van der Waals surface area contributed by atoms with Crippen LogP contribution in [-0.2, 0) is 0 Å². The van der Waals surface area contributed by atoms with E-state index in [1.54, 1.807) is 18.2 Å². The zero-order valence-corrected chi connectivity index (χ0v) is 13.3. The van der Waals surface area contributed by atoms with Gasteiger partial charge < -0.3 is 5.32 Å². The molecule has 0 aliphatic heterocycles. The molecular weight excluding hydrogens is 346 g/mol. The standard InChI is InChI=1S/C15H12BrN5O/c1-10-5-6-12(16)8-14(10)18-15(22)11-3-2-4-13(7-11)21-9-17-19-20-21/h2-9H,1H3,(H,18,22). The van der Waals surface area contributed by atoms with Crippen LogP contribution >= 0.6 is 15.9 Å². The van der Waals surface area contributed by atoms with Crippen LogP contribution in [0.5, 0.6) is 0 Å². The van der Waals surface area contributed by atoms with Gasteiger partial charge in [-0.15, -0.1) is 5.10 Å². The second-order valence-corrected chi connectivity index (χ2v) is 5.63. The van der Waals surface area contributed by atoms with Crippen molar-refractivity contribution in [2.45, 2.75) is 6.92 Å². The molecule has 0 aliphatic rings. The van der Waals surface area contributed by atoms with Crippen LogP contribution in [0.15, 0.2) is 53.3 Å². The number of hydrogen-bond donors (Lipinski definition) is 1. The molecule has 3 aromatic rings. The summed E-state index contributed by atoms with van der Waals surface area (Å²) in [6, 6.07) is 12.9. The summed E-state index contributed by atoms with van der Waals surface area (Å²) in [5, 5.41) is 13.9. The molecule has 7 heteroatoms. The van der Waals surface area contributed by atoms with Gasteiger partial charge in [0, 0.05) is 15.7 Å². The molecule has 22 heavy (non-hydrogen) atoms. The Hall–Kier alpha value is -2.54. The fourth-order valence-electron chi connectivity index (χ4n) is 1.99. The number of nitrogens with one attached hydrogen (secondary N) is 1. The maximum Gasteiger partial charge on any atom is 0.255 e. The Bertz CT molecular complexity index is 817. The van der Waals surface area contributed by atoms with Gasteiger partial charge in [-0.25, -0.2) is 4.68 Å². The summed E-state index contributed by atoms with van der Waals surface area (Å²) in [4.78, 5) is 12.4. The topological polar surface area (TPSA) is 72.7 Å². The third-order valence-corrected chi connectivity index (χ3v) is 3.66. The van der Waals surface area contributed by atoms with Crippen molar-refractivity contribution in [3.05, 3.63) is 64.4 Å². The van der Waals surface area contributed by atoms with E-state index in [9.17, 15) is 4.79 Å². The molecule has 0 fully saturated rings. The largest absolute Gasteiger partial charge is 0.322 e. The SMILES string of the molecule is Cc1ccc(Br)cc1NC(=O)c1cccc(-n2cnnn2)c1. The highest BCUT2D eigenvalue weighted by Crippen LogP contribution is 2.21. The second kappa shape index (κ2) is 6.07. The number of tetrazole rings is 1. The zero-order chi connectivity index (χ0) is 15.5. The van der Waals surface area contributed by atoms with Crippen LogP contribution in [-0.4, -0.2) is 26.1 Å². The summed E-state index contributed by atoms with van der Waals surface area (Å²) in [6.07, 6.45) is 1.48. The number of anilines is 1. The van der Waals surface area contributed by atoms with Gasteiger partial charge in [0.15, 0.2) is 0 Å². The molecule has 6 nitrogen and oxygen atoms in total. The van der Waals surface area contributed by atoms with Gasteiger partial charge in [0.05, 0.1) is 5.69 Å². The van der Waals surface area contributed by atoms with E-state index in [0.29, 0.717) is 5.56 Å². The number of aromatic nitrogens is 4. The predicted molar refractivity (Wildman–Crippen MR) is 86.0 cm³/mol. The molecule has 0 saturated heterocycles. The monoisotopic (exact) mass is 357 g/mol. The van der Waals surface area contributed by atoms with E-state index in [1.807, 2.05) is 31.2 Å². The van der Waals surface area contributed by atoms with E-state index in [-0.39, 0.29) is 5.91 Å². The number of rotatable bonds is 3. The van der Waals surface area contributed by atoms with Gasteiger partial charge in [0.2, 0.25) is 0 Å². The Kier molecular flexibility index (Phi) is 3.97. The molecule has 1 amide bonds. The zero-order valence-electron chi connectivity index (χ0n) is 11.7. The van der Waals surface area contributed by atoms with Crippen molar-refractivity contribution in [1.29, 1.82) is 0 Å². The van der Waals surface area contributed by atoms with Gasteiger partial charge in [-0.3, -0.25) is 4.79 Å². The Morgan fingerprint density at radius 1 is 1.23 bits per heavy atom. The number of carbonyl (C=O) groups is 1. The van der Waals surface area contributed by atoms with E-state index in [1.165, 1.54) is 11.0 Å². The maximum atomic E-state index is 12.4. The smallest absolute Gasteiger partial charge is 0.255 e. The van der Waals surface area contributed by atoms with Gasteiger partial charge >= 0.3 is 0 Å². The van der Waals surface area contributed by atoms with E-state index in [2.05, 4.69) is 36.8 Å². The number of halogens is 1. The highest BCUT2D eigenvalue weighted by Gasteiger charge is 2.09. The first-order chi connectivity index (χ1) is 10.6. The highest BCUT2D eigenvalue weighted by atomic mass is 79.9. The van der Waals surface area contributed by atoms with Gasteiger partial charge in [0.25, 0.3) is 5.91 Å². The van der Waals surface area contributed by atoms with Crippen molar-refractivity contribution in [1.82, 2.24) is 20.2 Å². The fourth-order valence-corrected chi connectivity index (χ4v) is 2.35. The van der Waals surface area contributed by atoms with Gasteiger partial charge in [-0.05, 0) is 53.2 Å². The minimum Gasteiger partial charge on any atom is -0.322 e. The van der Waals surface area contributed by atoms with E-state index < -0.39 is 0 Å². The first-order valence-electron chi connectivity index (χ1n) is 6.54. The van der Waals surface area contributed by atoms with Crippen LogP contribution in [0.25, 0.3) is 5.69 Å². The lowest BCUT2D eigenvalue weighted by atomic mass is 10.1. The number of aryl methyl sites for hydroxylation is 1. The minimum absolute atomic E-state index is 0.184. The molecule has 1 heterocycles. The summed E-state index contributed by atoms with van der Waals surface area (Å²) in [6.45, 7) is 1.94. The second-order valence-electron chi connectivity index (χ2n) is 4.72. The van der Waals surface area contributed by atoms with Crippen LogP contribution < -0.4 is 5.32 Å². The van der Waals surface area contributed by atoms with Gasteiger partial charge in [-0.2, -0.15) is 0 Å². The average Bonchev–Trinajstić information content (AvgIpc) is 3.05. The number of hydrogen-bond acceptors (Lipinski definition) is 4. The van der Waals surface area contributed by atoms with E-state index >= 15 is 0 Å². The molecule has 3 rings (SSSR count). The predicted octanol–water partition coefficient (Wildman–Crippen LogP) is 2.99. The molecule has 1 N–H and O–H groups in total. The number of benzene rings is 2. The fraction of sp³-hybridized carbons (Fsp3) is 0.0667. The van der Waals surface area contributed by atoms with E-state index in [0.717, 1.165) is 21.4 Å². The van der Waals surface area contributed by atoms with Crippen LogP contribution in [0, 0.1) is 6.92 Å². The molecule has 0 spiro atoms. The van der Waals surface area contributed by atoms with E-state index in [4.69, 9.17) is 0 Å². The molecule has 2 aromatic carbocycles. The molecule has 0 saturated carbocycles. The Labute approximate surface area is 135 Å². The molecule has 0 aliphatic carbocycles. The number of amides is 1. The van der Waals surface area contributed by atoms with Crippen LogP contribution in [0.3, 0.4) is 0 Å². The summed E-state index contributed by atoms with van der Waals surface area (Å²) < 4.78 is 2.41. The van der Waals surface area contributed by atoms with Crippen LogP contribution in [0.1, 0.15) is 15.9 Å². The minimum atomic E-state index is -0.184. The average molecular weight is 358 g/mol. The lowest BCUT2D eigenvalue weighted by molar-refractivity contribution is 0.102. The molecule has 110 valence electrons. The summed E-state index contributed by atoms with van der Waals surface area (Å²) in [5.41, 5.74) is 3.02. The summed E-state index contributed by atoms with van der Waals surface area (Å²) in [7, 11) is 0. The van der Waals surface area contributed by atoms with Crippen molar-refractivity contribution in [2.75, 3.05) is 5.32 Å². The molecule has 0 unspecified atom stereocenters. The van der Waals surface area contributed by atoms with Crippen molar-refractivity contribution in [3.8, 4) is 5.69 Å². The number of nitrogens with zero attached hydrogens (tertiary/aromatic N) is 4. The molecule has 0 radical (unpaired) electrons. The van der Waals surface area contributed by atoms with Crippen molar-refractivity contribution in [2.24, 2.45) is 0 Å². The third-order valence-electron chi connectivity index (χ3n) is 3.17. The van der Waals surface area contributed by atoms with Crippen molar-refractivity contribution in [3.63, 3.8) is 0 Å². The van der Waals surface area contributed by atoms with Crippen molar-refractivity contribution >= 4 is 27.5 Å². The van der Waals surface area contributed by atoms with Gasteiger partial charge in [-0.1, -0.05) is 28.1 Å². The third kappa shape index (κ3) is 3.04. The van der Waals surface area contributed by atoms with Gasteiger partial charge in [0.1, 0.15) is 6.33 Å². The quantitative estimate of drug-likeness (QED) is 0.781. The van der Waals surface area contributed by atoms with Crippen LogP contribution in [0.4, 0.5) is 5.69 Å². The number of carbonyl (C=O) groups excluding carboxylic acids is 1. The maximum absolute atomic E-state index is 12.4. The first kappa shape index (κ1) is 14.4.